The van der Waals surface area contributed by atoms with Gasteiger partial charge in [0, 0.05) is 11.3 Å². The molecule has 0 spiro atoms. The number of Topliss-reactive ketones (excluding diaryl/α,β-unsaturated/α-hetero) is 1. The highest BCUT2D eigenvalue weighted by Crippen LogP contribution is 2.25. The first-order valence-corrected chi connectivity index (χ1v) is 9.05. The molecule has 26 heavy (non-hydrogen) atoms. The van der Waals surface area contributed by atoms with E-state index in [1.807, 2.05) is 17.5 Å². The number of nitrogens with one attached hydrogen (secondary N) is 1. The molecule has 0 fully saturated rings. The number of halogens is 2. The van der Waals surface area contributed by atoms with Gasteiger partial charge in [-0.1, -0.05) is 12.1 Å². The molecule has 1 amide bonds. The second-order valence-electron chi connectivity index (χ2n) is 6.77. The second-order valence-corrected chi connectivity index (χ2v) is 7.75. The Kier molecular flexibility index (Phi) is 6.47. The molecule has 0 saturated heterocycles. The number of ketones is 1. The number of hydrogen-bond acceptors (Lipinski definition) is 4. The van der Waals surface area contributed by atoms with E-state index in [-0.39, 0.29) is 12.8 Å². The van der Waals surface area contributed by atoms with Gasteiger partial charge < -0.3 is 10.1 Å². The Bertz CT molecular complexity index is 749. The largest absolute Gasteiger partial charge is 0.444 e. The number of thiophene rings is 1. The van der Waals surface area contributed by atoms with Crippen molar-refractivity contribution in [2.45, 2.75) is 45.3 Å². The average Bonchev–Trinajstić information content (AvgIpc) is 3.03. The van der Waals surface area contributed by atoms with Gasteiger partial charge in [0.25, 0.3) is 0 Å². The molecule has 7 heteroatoms. The molecule has 0 radical (unpaired) electrons. The number of ether oxygens (including phenoxy) is 1. The summed E-state index contributed by atoms with van der Waals surface area (Å²) in [6.07, 6.45) is -0.525. The monoisotopic (exact) mass is 381 g/mol. The Balaban J connectivity index is 2.08. The summed E-state index contributed by atoms with van der Waals surface area (Å²) in [6, 6.07) is 6.46. The fourth-order valence-corrected chi connectivity index (χ4v) is 3.20. The van der Waals surface area contributed by atoms with Gasteiger partial charge in [0.05, 0.1) is 11.6 Å². The SMILES string of the molecule is CC(C)(C)OC(=O)NC(CCC(=O)c1c(F)cccc1F)c1cccs1. The van der Waals surface area contributed by atoms with Crippen LogP contribution in [0, 0.1) is 11.6 Å². The molecular weight excluding hydrogens is 360 g/mol. The van der Waals surface area contributed by atoms with Crippen LogP contribution in [0.15, 0.2) is 35.7 Å². The molecular formula is C19H21F2NO3S. The molecule has 1 N–H and O–H groups in total. The highest BCUT2D eigenvalue weighted by Gasteiger charge is 2.23. The van der Waals surface area contributed by atoms with Crippen molar-refractivity contribution in [1.82, 2.24) is 5.32 Å². The van der Waals surface area contributed by atoms with Gasteiger partial charge in [-0.2, -0.15) is 0 Å². The van der Waals surface area contributed by atoms with Gasteiger partial charge in [0.2, 0.25) is 0 Å². The van der Waals surface area contributed by atoms with E-state index in [1.165, 1.54) is 17.4 Å². The van der Waals surface area contributed by atoms with Crippen molar-refractivity contribution < 1.29 is 23.1 Å². The fourth-order valence-electron chi connectivity index (χ4n) is 2.39. The molecule has 0 aliphatic rings. The second kappa shape index (κ2) is 8.40. The zero-order valence-corrected chi connectivity index (χ0v) is 15.7. The summed E-state index contributed by atoms with van der Waals surface area (Å²) in [4.78, 5) is 25.1. The Labute approximate surface area is 155 Å². The minimum absolute atomic E-state index is 0.115. The first kappa shape index (κ1) is 20.0. The van der Waals surface area contributed by atoms with Crippen LogP contribution in [0.2, 0.25) is 0 Å². The van der Waals surface area contributed by atoms with Crippen molar-refractivity contribution in [2.24, 2.45) is 0 Å². The Morgan fingerprint density at radius 2 is 1.81 bits per heavy atom. The van der Waals surface area contributed by atoms with E-state index in [4.69, 9.17) is 4.74 Å². The van der Waals surface area contributed by atoms with Gasteiger partial charge in [-0.15, -0.1) is 11.3 Å². The third-order valence-electron chi connectivity index (χ3n) is 3.48. The van der Waals surface area contributed by atoms with Gasteiger partial charge in [-0.25, -0.2) is 13.6 Å². The normalized spacial score (nSPS) is 12.5. The van der Waals surface area contributed by atoms with Crippen LogP contribution in [-0.2, 0) is 4.74 Å². The van der Waals surface area contributed by atoms with E-state index in [2.05, 4.69) is 5.32 Å². The summed E-state index contributed by atoms with van der Waals surface area (Å²) < 4.78 is 32.7. The lowest BCUT2D eigenvalue weighted by Crippen LogP contribution is -2.35. The lowest BCUT2D eigenvalue weighted by molar-refractivity contribution is 0.0499. The minimum Gasteiger partial charge on any atom is -0.444 e. The first-order chi connectivity index (χ1) is 12.2. The van der Waals surface area contributed by atoms with Gasteiger partial charge >= 0.3 is 6.09 Å². The van der Waals surface area contributed by atoms with Crippen LogP contribution in [0.5, 0.6) is 0 Å². The van der Waals surface area contributed by atoms with Crippen molar-refractivity contribution in [3.05, 3.63) is 57.8 Å². The highest BCUT2D eigenvalue weighted by atomic mass is 32.1. The molecule has 4 nitrogen and oxygen atoms in total. The van der Waals surface area contributed by atoms with Gasteiger partial charge in [0.1, 0.15) is 17.2 Å². The van der Waals surface area contributed by atoms with E-state index in [1.54, 1.807) is 20.8 Å². The van der Waals surface area contributed by atoms with Crippen LogP contribution in [-0.4, -0.2) is 17.5 Å². The molecule has 0 saturated carbocycles. The highest BCUT2D eigenvalue weighted by molar-refractivity contribution is 7.10. The maximum Gasteiger partial charge on any atom is 0.408 e. The molecule has 0 bridgehead atoms. The molecule has 0 aliphatic carbocycles. The van der Waals surface area contributed by atoms with Gasteiger partial charge in [0.15, 0.2) is 5.78 Å². The maximum absolute atomic E-state index is 13.7. The van der Waals surface area contributed by atoms with Crippen molar-refractivity contribution >= 4 is 23.2 Å². The molecule has 1 unspecified atom stereocenters. The number of hydrogen-bond donors (Lipinski definition) is 1. The number of carbonyl (C=O) groups is 2. The summed E-state index contributed by atoms with van der Waals surface area (Å²) in [5.74, 6) is -2.42. The Morgan fingerprint density at radius 3 is 2.35 bits per heavy atom. The number of alkyl carbamates (subject to hydrolysis) is 1. The predicted molar refractivity (Wildman–Crippen MR) is 96.4 cm³/mol. The van der Waals surface area contributed by atoms with Crippen LogP contribution in [0.3, 0.4) is 0 Å². The van der Waals surface area contributed by atoms with Gasteiger partial charge in [-0.3, -0.25) is 4.79 Å². The van der Waals surface area contributed by atoms with Crippen LogP contribution >= 0.6 is 11.3 Å². The third kappa shape index (κ3) is 5.62. The lowest BCUT2D eigenvalue weighted by atomic mass is 10.0. The van der Waals surface area contributed by atoms with Crippen LogP contribution in [0.1, 0.15) is 54.9 Å². The Hall–Kier alpha value is -2.28. The van der Waals surface area contributed by atoms with E-state index in [9.17, 15) is 18.4 Å². The molecule has 1 aromatic carbocycles. The summed E-state index contributed by atoms with van der Waals surface area (Å²) in [7, 11) is 0. The quantitative estimate of drug-likeness (QED) is 0.695. The minimum atomic E-state index is -0.886. The van der Waals surface area contributed by atoms with Crippen molar-refractivity contribution in [1.29, 1.82) is 0 Å². The number of carbonyl (C=O) groups excluding carboxylic acids is 2. The topological polar surface area (TPSA) is 55.4 Å². The van der Waals surface area contributed by atoms with Gasteiger partial charge in [-0.05, 0) is 50.8 Å². The van der Waals surface area contributed by atoms with Crippen molar-refractivity contribution in [3.8, 4) is 0 Å². The smallest absolute Gasteiger partial charge is 0.408 e. The van der Waals surface area contributed by atoms with Crippen molar-refractivity contribution in [2.75, 3.05) is 0 Å². The number of benzene rings is 1. The molecule has 1 aromatic heterocycles. The Morgan fingerprint density at radius 1 is 1.15 bits per heavy atom. The molecule has 0 aliphatic heterocycles. The van der Waals surface area contributed by atoms with E-state index < -0.39 is 40.7 Å². The first-order valence-electron chi connectivity index (χ1n) is 8.17. The lowest BCUT2D eigenvalue weighted by Gasteiger charge is -2.23. The summed E-state index contributed by atoms with van der Waals surface area (Å²) in [5, 5.41) is 4.57. The number of rotatable bonds is 6. The van der Waals surface area contributed by atoms with E-state index >= 15 is 0 Å². The summed E-state index contributed by atoms with van der Waals surface area (Å²) in [6.45, 7) is 5.24. The van der Waals surface area contributed by atoms with E-state index in [0.717, 1.165) is 17.0 Å². The van der Waals surface area contributed by atoms with E-state index in [0.29, 0.717) is 0 Å². The maximum atomic E-state index is 13.7. The average molecular weight is 381 g/mol. The molecule has 140 valence electrons. The van der Waals surface area contributed by atoms with Crippen LogP contribution in [0.25, 0.3) is 0 Å². The van der Waals surface area contributed by atoms with Crippen LogP contribution < -0.4 is 5.32 Å². The fraction of sp³-hybridized carbons (Fsp3) is 0.368. The standard InChI is InChI=1S/C19H21F2NO3S/c1-19(2,3)25-18(24)22-14(16-8-5-11-26-16)9-10-15(23)17-12(20)6-4-7-13(17)21/h4-8,11,14H,9-10H2,1-3H3,(H,22,24). The third-order valence-corrected chi connectivity index (χ3v) is 4.47. The molecule has 2 aromatic rings. The zero-order chi connectivity index (χ0) is 19.3. The summed E-state index contributed by atoms with van der Waals surface area (Å²) in [5.41, 5.74) is -1.20. The molecule has 1 atom stereocenters. The molecule has 1 heterocycles. The predicted octanol–water partition coefficient (Wildman–Crippen LogP) is 5.26. The van der Waals surface area contributed by atoms with Crippen molar-refractivity contribution in [3.63, 3.8) is 0 Å². The zero-order valence-electron chi connectivity index (χ0n) is 14.8. The molecule has 2 rings (SSSR count). The van der Waals surface area contributed by atoms with Crippen LogP contribution in [0.4, 0.5) is 13.6 Å². The summed E-state index contributed by atoms with van der Waals surface area (Å²) >= 11 is 1.42. The number of amides is 1.